The fourth-order valence-corrected chi connectivity index (χ4v) is 3.52. The van der Waals surface area contributed by atoms with Gasteiger partial charge in [-0.05, 0) is 29.4 Å². The number of methoxy groups -OCH3 is 1. The Morgan fingerprint density at radius 1 is 1.31 bits per heavy atom. The van der Waals surface area contributed by atoms with Crippen molar-refractivity contribution in [1.29, 1.82) is 0 Å². The molecule has 1 aromatic heterocycles. The molecule has 0 amide bonds. The molecule has 7 nitrogen and oxygen atoms in total. The Labute approximate surface area is 174 Å². The summed E-state index contributed by atoms with van der Waals surface area (Å²) in [6, 6.07) is 9.15. The molecule has 0 saturated carbocycles. The molecule has 3 rings (SSSR count). The highest BCUT2D eigenvalue weighted by Crippen LogP contribution is 2.26. The van der Waals surface area contributed by atoms with Crippen LogP contribution in [0.3, 0.4) is 0 Å². The van der Waals surface area contributed by atoms with Gasteiger partial charge in [0.15, 0.2) is 11.8 Å². The van der Waals surface area contributed by atoms with E-state index in [0.717, 1.165) is 50.0 Å². The molecule has 1 aliphatic heterocycles. The third-order valence-electron chi connectivity index (χ3n) is 5.82. The van der Waals surface area contributed by atoms with E-state index in [0.29, 0.717) is 6.61 Å². The lowest BCUT2D eigenvalue weighted by Gasteiger charge is -2.25. The number of rotatable bonds is 7. The van der Waals surface area contributed by atoms with Gasteiger partial charge < -0.3 is 15.4 Å². The van der Waals surface area contributed by atoms with Crippen LogP contribution in [0, 0.1) is 0 Å². The van der Waals surface area contributed by atoms with Crippen LogP contribution in [-0.2, 0) is 36.3 Å². The van der Waals surface area contributed by atoms with Crippen LogP contribution in [0.1, 0.15) is 56.4 Å². The highest BCUT2D eigenvalue weighted by molar-refractivity contribution is 5.79. The van der Waals surface area contributed by atoms with Gasteiger partial charge in [-0.25, -0.2) is 9.67 Å². The highest BCUT2D eigenvalue weighted by Gasteiger charge is 2.22. The van der Waals surface area contributed by atoms with E-state index in [2.05, 4.69) is 70.7 Å². The van der Waals surface area contributed by atoms with Crippen LogP contribution in [0.25, 0.3) is 0 Å². The first-order chi connectivity index (χ1) is 13.9. The maximum atomic E-state index is 5.14. The molecule has 2 heterocycles. The molecular formula is C22H34N6O. The number of aliphatic imine (C=N–C) groups is 1. The standard InChI is InChI=1S/C22H34N6O/c1-6-22(2,3)17-9-7-16(8-10-17)13-24-21(23-4)25-18-11-12-20-26-19(15-29-5)27-28(20)14-18/h7-10,18H,6,11-15H2,1-5H3,(H2,23,24,25). The van der Waals surface area contributed by atoms with Gasteiger partial charge >= 0.3 is 0 Å². The molecule has 0 saturated heterocycles. The van der Waals surface area contributed by atoms with E-state index >= 15 is 0 Å². The van der Waals surface area contributed by atoms with Crippen molar-refractivity contribution in [3.8, 4) is 0 Å². The van der Waals surface area contributed by atoms with Gasteiger partial charge in [-0.15, -0.1) is 0 Å². The predicted octanol–water partition coefficient (Wildman–Crippen LogP) is 2.79. The number of guanidine groups is 1. The van der Waals surface area contributed by atoms with E-state index in [1.165, 1.54) is 11.1 Å². The topological polar surface area (TPSA) is 76.4 Å². The van der Waals surface area contributed by atoms with E-state index in [1.807, 2.05) is 11.7 Å². The number of ether oxygens (including phenoxy) is 1. The van der Waals surface area contributed by atoms with Gasteiger partial charge in [-0.3, -0.25) is 4.99 Å². The lowest BCUT2D eigenvalue weighted by atomic mass is 9.82. The smallest absolute Gasteiger partial charge is 0.191 e. The van der Waals surface area contributed by atoms with Crippen LogP contribution < -0.4 is 10.6 Å². The van der Waals surface area contributed by atoms with Crippen LogP contribution in [0.5, 0.6) is 0 Å². The van der Waals surface area contributed by atoms with Gasteiger partial charge in [-0.2, -0.15) is 5.10 Å². The van der Waals surface area contributed by atoms with Crippen LogP contribution in [0.15, 0.2) is 29.3 Å². The van der Waals surface area contributed by atoms with Crippen molar-refractivity contribution in [1.82, 2.24) is 25.4 Å². The number of aryl methyl sites for hydroxylation is 1. The lowest BCUT2D eigenvalue weighted by Crippen LogP contribution is -2.46. The normalized spacial score (nSPS) is 17.1. The predicted molar refractivity (Wildman–Crippen MR) is 116 cm³/mol. The maximum Gasteiger partial charge on any atom is 0.191 e. The lowest BCUT2D eigenvalue weighted by molar-refractivity contribution is 0.177. The molecule has 0 bridgehead atoms. The summed E-state index contributed by atoms with van der Waals surface area (Å²) in [6.45, 7) is 8.79. The zero-order valence-electron chi connectivity index (χ0n) is 18.3. The number of nitrogens with zero attached hydrogens (tertiary/aromatic N) is 4. The highest BCUT2D eigenvalue weighted by atomic mass is 16.5. The van der Waals surface area contributed by atoms with Gasteiger partial charge in [0.25, 0.3) is 0 Å². The van der Waals surface area contributed by atoms with E-state index in [-0.39, 0.29) is 11.5 Å². The Kier molecular flexibility index (Phi) is 6.90. The summed E-state index contributed by atoms with van der Waals surface area (Å²) in [5, 5.41) is 11.5. The summed E-state index contributed by atoms with van der Waals surface area (Å²) in [7, 11) is 3.47. The van der Waals surface area contributed by atoms with Gasteiger partial charge in [-0.1, -0.05) is 45.0 Å². The third kappa shape index (κ3) is 5.35. The number of nitrogens with one attached hydrogen (secondary N) is 2. The molecule has 0 spiro atoms. The molecule has 7 heteroatoms. The second-order valence-corrected chi connectivity index (χ2v) is 8.30. The molecule has 2 N–H and O–H groups in total. The van der Waals surface area contributed by atoms with Crippen LogP contribution >= 0.6 is 0 Å². The van der Waals surface area contributed by atoms with E-state index in [1.54, 1.807) is 7.11 Å². The van der Waals surface area contributed by atoms with Crippen molar-refractivity contribution in [2.45, 2.75) is 71.2 Å². The number of benzene rings is 1. The second kappa shape index (κ2) is 9.39. The zero-order valence-corrected chi connectivity index (χ0v) is 18.3. The first-order valence-electron chi connectivity index (χ1n) is 10.4. The third-order valence-corrected chi connectivity index (χ3v) is 5.82. The fraction of sp³-hybridized carbons (Fsp3) is 0.591. The summed E-state index contributed by atoms with van der Waals surface area (Å²) >= 11 is 0. The van der Waals surface area contributed by atoms with Crippen molar-refractivity contribution in [2.24, 2.45) is 4.99 Å². The van der Waals surface area contributed by atoms with E-state index in [9.17, 15) is 0 Å². The quantitative estimate of drug-likeness (QED) is 0.554. The minimum Gasteiger partial charge on any atom is -0.377 e. The van der Waals surface area contributed by atoms with Crippen molar-refractivity contribution < 1.29 is 4.74 Å². The van der Waals surface area contributed by atoms with Gasteiger partial charge in [0.05, 0.1) is 6.54 Å². The van der Waals surface area contributed by atoms with Gasteiger partial charge in [0, 0.05) is 33.2 Å². The summed E-state index contributed by atoms with van der Waals surface area (Å²) in [5.74, 6) is 2.60. The number of hydrogen-bond acceptors (Lipinski definition) is 4. The molecule has 29 heavy (non-hydrogen) atoms. The Morgan fingerprint density at radius 2 is 2.07 bits per heavy atom. The molecular weight excluding hydrogens is 364 g/mol. The van der Waals surface area contributed by atoms with Gasteiger partial charge in [0.2, 0.25) is 0 Å². The Morgan fingerprint density at radius 3 is 2.72 bits per heavy atom. The summed E-state index contributed by atoms with van der Waals surface area (Å²) in [4.78, 5) is 8.92. The molecule has 0 aliphatic carbocycles. The monoisotopic (exact) mass is 398 g/mol. The number of aromatic nitrogens is 3. The molecule has 158 valence electrons. The molecule has 1 atom stereocenters. The summed E-state index contributed by atoms with van der Waals surface area (Å²) in [5.41, 5.74) is 2.84. The van der Waals surface area contributed by atoms with Gasteiger partial charge in [0.1, 0.15) is 12.4 Å². The first kappa shape index (κ1) is 21.3. The van der Waals surface area contributed by atoms with Crippen LogP contribution in [0.4, 0.5) is 0 Å². The average Bonchev–Trinajstić information content (AvgIpc) is 3.13. The van der Waals surface area contributed by atoms with Crippen molar-refractivity contribution in [2.75, 3.05) is 14.2 Å². The molecule has 0 radical (unpaired) electrons. The minimum absolute atomic E-state index is 0.216. The van der Waals surface area contributed by atoms with Crippen molar-refractivity contribution in [3.63, 3.8) is 0 Å². The first-order valence-corrected chi connectivity index (χ1v) is 10.4. The number of hydrogen-bond donors (Lipinski definition) is 2. The van der Waals surface area contributed by atoms with E-state index in [4.69, 9.17) is 4.74 Å². The minimum atomic E-state index is 0.216. The molecule has 0 fully saturated rings. The zero-order chi connectivity index (χ0) is 20.9. The Bertz CT molecular complexity index is 824. The molecule has 2 aromatic rings. The van der Waals surface area contributed by atoms with Crippen LogP contribution in [-0.4, -0.2) is 40.9 Å². The summed E-state index contributed by atoms with van der Waals surface area (Å²) < 4.78 is 7.12. The molecule has 1 aromatic carbocycles. The van der Waals surface area contributed by atoms with E-state index < -0.39 is 0 Å². The second-order valence-electron chi connectivity index (χ2n) is 8.30. The summed E-state index contributed by atoms with van der Waals surface area (Å²) in [6.07, 6.45) is 3.04. The fourth-order valence-electron chi connectivity index (χ4n) is 3.52. The average molecular weight is 399 g/mol. The van der Waals surface area contributed by atoms with Crippen LogP contribution in [0.2, 0.25) is 0 Å². The molecule has 1 unspecified atom stereocenters. The maximum absolute atomic E-state index is 5.14. The number of fused-ring (bicyclic) bond motifs is 1. The van der Waals surface area contributed by atoms with Crippen molar-refractivity contribution >= 4 is 5.96 Å². The Hall–Kier alpha value is -2.41. The largest absolute Gasteiger partial charge is 0.377 e. The van der Waals surface area contributed by atoms with Crippen molar-refractivity contribution in [3.05, 3.63) is 47.0 Å². The molecule has 1 aliphatic rings. The Balaban J connectivity index is 1.53. The SMILES string of the molecule is CCC(C)(C)c1ccc(CNC(=NC)NC2CCc3nc(COC)nn3C2)cc1.